The third-order valence-electron chi connectivity index (χ3n) is 11.6. The van der Waals surface area contributed by atoms with Crippen molar-refractivity contribution in [3.8, 4) is 0 Å². The number of urea groups is 2. The van der Waals surface area contributed by atoms with E-state index in [4.69, 9.17) is 23.4 Å². The van der Waals surface area contributed by atoms with Crippen LogP contribution in [0.15, 0.2) is 0 Å². The third-order valence-corrected chi connectivity index (χ3v) is 18.8. The molecule has 70 heavy (non-hydrogen) atoms. The monoisotopic (exact) mass is 1100 g/mol. The molecule has 14 N–H and O–H groups in total. The van der Waals surface area contributed by atoms with E-state index in [0.717, 1.165) is 96.4 Å². The SMILES string of the molecule is CCCCCCCC[Si](O)(O)OCN.CCCCCCCC[Si](O)(O)OCN(C(=O)NCO[Si](C)(O)O)C1(CO[Si](O)(O)CCCCCCCC)C(=O)NC(=O)N1CO[Si](O)(O)CCCCCCCC. The number of carbonyl (C=O) groups is 3. The van der Waals surface area contributed by atoms with Crippen LogP contribution in [0.1, 0.15) is 182 Å². The Hall–Kier alpha value is -1.35. The molecule has 0 bridgehead atoms. The highest BCUT2D eigenvalue weighted by atomic mass is 28.4. The molecule has 1 atom stereocenters. The molecule has 23 nitrogen and oxygen atoms in total. The fraction of sp³-hybridized carbons (Fsp3) is 0.929. The Balaban J connectivity index is 0.00000292. The fourth-order valence-electron chi connectivity index (χ4n) is 7.39. The minimum absolute atomic E-state index is 0.102. The van der Waals surface area contributed by atoms with Crippen LogP contribution in [-0.2, 0) is 26.9 Å². The van der Waals surface area contributed by atoms with Crippen LogP contribution in [0.4, 0.5) is 9.59 Å². The van der Waals surface area contributed by atoms with Crippen LogP contribution in [0.5, 0.6) is 0 Å². The summed E-state index contributed by atoms with van der Waals surface area (Å²) in [6, 6.07) is -2.56. The summed E-state index contributed by atoms with van der Waals surface area (Å²) in [7, 11) is -21.2. The van der Waals surface area contributed by atoms with Gasteiger partial charge in [0.25, 0.3) is 5.91 Å². The highest BCUT2D eigenvalue weighted by molar-refractivity contribution is 6.58. The normalized spacial score (nSPS) is 15.9. The number of nitrogens with zero attached hydrogens (tertiary/aromatic N) is 2. The average Bonchev–Trinajstić information content (AvgIpc) is 3.51. The second-order valence-corrected chi connectivity index (χ2v) is 29.6. The van der Waals surface area contributed by atoms with Crippen molar-refractivity contribution in [1.29, 1.82) is 0 Å². The van der Waals surface area contributed by atoms with Crippen molar-refractivity contribution in [2.24, 2.45) is 5.73 Å². The molecule has 0 radical (unpaired) electrons. The van der Waals surface area contributed by atoms with Crippen LogP contribution in [0.25, 0.3) is 0 Å². The molecule has 1 fully saturated rings. The molecule has 1 saturated heterocycles. The summed E-state index contributed by atoms with van der Waals surface area (Å²) in [4.78, 5) is 146. The van der Waals surface area contributed by atoms with E-state index in [2.05, 4.69) is 37.4 Å². The second-order valence-electron chi connectivity index (χ2n) is 18.3. The number of unbranched alkanes of at least 4 members (excludes halogenated alkanes) is 20. The summed E-state index contributed by atoms with van der Waals surface area (Å²) >= 11 is 0. The number of carbonyl (C=O) groups excluding carboxylic acids is 3. The standard InChI is InChI=1S/C33H72N4O15Si4.C9H23NO3Si/c1-5-8-11-14-17-20-23-54(43,44)49-26-33(30(38)35-32(40)37(33)29-52-56(47,48)25-22-19-16-13-10-7-3)36(31(39)34-27-50-53(4,41)42)28-51-55(45,46)24-21-18-15-12-9-6-2;1-2-3-4-5-6-7-8-14(11,12)13-9-10/h41-48H,5-29H2,1-4H3,(H,34,39)(H,35,38,40);11-12H,2-10H2,1H3. The van der Waals surface area contributed by atoms with Gasteiger partial charge in [-0.3, -0.25) is 19.9 Å². The first-order valence-electron chi connectivity index (χ1n) is 25.7. The summed E-state index contributed by atoms with van der Waals surface area (Å²) in [6.45, 7) is 5.32. The van der Waals surface area contributed by atoms with Gasteiger partial charge in [0.1, 0.15) is 20.2 Å². The molecule has 0 spiro atoms. The van der Waals surface area contributed by atoms with Crippen LogP contribution < -0.4 is 16.4 Å². The van der Waals surface area contributed by atoms with Gasteiger partial charge >= 0.3 is 56.1 Å². The second kappa shape index (κ2) is 37.4. The maximum atomic E-state index is 14.0. The summed E-state index contributed by atoms with van der Waals surface area (Å²) in [6.07, 6.45) is 21.6. The van der Waals surface area contributed by atoms with Crippen molar-refractivity contribution in [3.05, 3.63) is 0 Å². The molecule has 0 aliphatic carbocycles. The topological polar surface area (TPSA) is 356 Å². The molecular formula is C42H95N5O18Si5. The van der Waals surface area contributed by atoms with E-state index in [0.29, 0.717) is 54.4 Å². The number of imide groups is 1. The Labute approximate surface area is 422 Å². The number of hydrogen-bond acceptors (Lipinski definition) is 19. The van der Waals surface area contributed by atoms with Gasteiger partial charge in [-0.25, -0.2) is 9.59 Å². The number of amides is 5. The van der Waals surface area contributed by atoms with Crippen molar-refractivity contribution in [1.82, 2.24) is 20.4 Å². The van der Waals surface area contributed by atoms with Crippen molar-refractivity contribution in [3.63, 3.8) is 0 Å². The van der Waals surface area contributed by atoms with Crippen LogP contribution in [0.3, 0.4) is 0 Å². The van der Waals surface area contributed by atoms with E-state index in [1.165, 1.54) is 25.7 Å². The van der Waals surface area contributed by atoms with Gasteiger partial charge < -0.3 is 81.1 Å². The van der Waals surface area contributed by atoms with E-state index in [1.54, 1.807) is 0 Å². The summed E-state index contributed by atoms with van der Waals surface area (Å²) in [5.41, 5.74) is 2.38. The van der Waals surface area contributed by atoms with Gasteiger partial charge in [0.05, 0.1) is 13.3 Å². The number of nitrogens with two attached hydrogens (primary N) is 1. The first kappa shape index (κ1) is 68.7. The van der Waals surface area contributed by atoms with Crippen LogP contribution in [0, 0.1) is 0 Å². The van der Waals surface area contributed by atoms with Gasteiger partial charge in [0, 0.05) is 30.7 Å². The van der Waals surface area contributed by atoms with Crippen molar-refractivity contribution >= 4 is 62.0 Å². The highest BCUT2D eigenvalue weighted by Crippen LogP contribution is 2.31. The van der Waals surface area contributed by atoms with E-state index in [1.807, 2.05) is 5.32 Å². The molecule has 0 aromatic heterocycles. The Kier molecular flexibility index (Phi) is 36.7. The van der Waals surface area contributed by atoms with Gasteiger partial charge in [-0.05, 0) is 25.7 Å². The van der Waals surface area contributed by atoms with Crippen molar-refractivity contribution in [2.75, 3.05) is 33.5 Å². The molecule has 416 valence electrons. The lowest BCUT2D eigenvalue weighted by atomic mass is 10.1. The predicted octanol–water partition coefficient (Wildman–Crippen LogP) is 3.79. The predicted molar refractivity (Wildman–Crippen MR) is 272 cm³/mol. The number of hydrogen-bond donors (Lipinski definition) is 13. The van der Waals surface area contributed by atoms with Crippen LogP contribution in [0.2, 0.25) is 30.7 Å². The van der Waals surface area contributed by atoms with E-state index >= 15 is 0 Å². The smallest absolute Gasteiger partial charge is 0.390 e. The van der Waals surface area contributed by atoms with Gasteiger partial charge in [0.15, 0.2) is 0 Å². The zero-order chi connectivity index (χ0) is 53.2. The lowest BCUT2D eigenvalue weighted by molar-refractivity contribution is -0.148. The largest absolute Gasteiger partial charge is 0.496 e. The molecule has 1 aliphatic rings. The lowest BCUT2D eigenvalue weighted by Gasteiger charge is -2.44. The molecule has 0 saturated carbocycles. The first-order valence-corrected chi connectivity index (χ1v) is 36.0. The van der Waals surface area contributed by atoms with Gasteiger partial charge in [-0.15, -0.1) is 0 Å². The van der Waals surface area contributed by atoms with Crippen LogP contribution >= 0.6 is 0 Å². The molecule has 1 aliphatic heterocycles. The molecular weight excluding hydrogens is 1000 g/mol. The summed E-state index contributed by atoms with van der Waals surface area (Å²) in [5.74, 6) is -1.24. The highest BCUT2D eigenvalue weighted by Gasteiger charge is 2.61. The quantitative estimate of drug-likeness (QED) is 0.0179. The van der Waals surface area contributed by atoms with E-state index in [-0.39, 0.29) is 24.9 Å². The van der Waals surface area contributed by atoms with Gasteiger partial charge in [0.2, 0.25) is 5.66 Å². The Bertz CT molecular complexity index is 1400. The van der Waals surface area contributed by atoms with Gasteiger partial charge in [-0.2, -0.15) is 0 Å². The molecule has 1 rings (SSSR count). The first-order chi connectivity index (χ1) is 32.9. The lowest BCUT2D eigenvalue weighted by Crippen LogP contribution is -2.70. The number of rotatable bonds is 43. The third kappa shape index (κ3) is 32.1. The minimum Gasteiger partial charge on any atom is -0.390 e. The van der Waals surface area contributed by atoms with Gasteiger partial charge in [-0.1, -0.05) is 156 Å². The molecule has 0 aromatic rings. The average molecular weight is 1100 g/mol. The van der Waals surface area contributed by atoms with E-state index < -0.39 is 94.5 Å². The summed E-state index contributed by atoms with van der Waals surface area (Å²) in [5, 5.41) is 4.26. The maximum absolute atomic E-state index is 14.0. The minimum atomic E-state index is -4.60. The van der Waals surface area contributed by atoms with E-state index in [9.17, 15) is 62.3 Å². The zero-order valence-corrected chi connectivity index (χ0v) is 48.0. The number of nitrogens with one attached hydrogen (secondary N) is 2. The molecule has 28 heteroatoms. The van der Waals surface area contributed by atoms with Crippen molar-refractivity contribution in [2.45, 2.75) is 218 Å². The molecule has 1 unspecified atom stereocenters. The fourth-order valence-corrected chi connectivity index (χ4v) is 12.5. The Morgan fingerprint density at radius 3 is 1.30 bits per heavy atom. The molecule has 0 aromatic carbocycles. The molecule has 1 heterocycles. The maximum Gasteiger partial charge on any atom is 0.496 e. The Morgan fingerprint density at radius 1 is 0.557 bits per heavy atom. The summed E-state index contributed by atoms with van der Waals surface area (Å²) < 4.78 is 26.2. The molecule has 5 amide bonds. The van der Waals surface area contributed by atoms with Crippen LogP contribution in [-0.4, -0.2) is 159 Å². The zero-order valence-electron chi connectivity index (χ0n) is 43.0. The Morgan fingerprint density at radius 2 is 0.914 bits per heavy atom. The van der Waals surface area contributed by atoms with Crippen molar-refractivity contribution < 1.29 is 84.5 Å².